The molecule has 2 saturated heterocycles. The van der Waals surface area contributed by atoms with E-state index in [1.54, 1.807) is 39.0 Å². The van der Waals surface area contributed by atoms with Crippen molar-refractivity contribution < 1.29 is 32.2 Å². The predicted octanol–water partition coefficient (Wildman–Crippen LogP) is 4.21. The minimum Gasteiger partial charge on any atom is -0.489 e. The summed E-state index contributed by atoms with van der Waals surface area (Å²) in [7, 11) is 0. The van der Waals surface area contributed by atoms with Crippen molar-refractivity contribution in [2.24, 2.45) is 0 Å². The molecule has 0 radical (unpaired) electrons. The van der Waals surface area contributed by atoms with Gasteiger partial charge in [-0.15, -0.1) is 0 Å². The van der Waals surface area contributed by atoms with Gasteiger partial charge in [-0.3, -0.25) is 9.69 Å². The maximum atomic E-state index is 13.9. The van der Waals surface area contributed by atoms with Crippen molar-refractivity contribution in [2.75, 3.05) is 32.8 Å². The van der Waals surface area contributed by atoms with Crippen molar-refractivity contribution in [3.63, 3.8) is 0 Å². The summed E-state index contributed by atoms with van der Waals surface area (Å²) >= 11 is 0. The number of benzene rings is 1. The Kier molecular flexibility index (Phi) is 8.90. The highest BCUT2D eigenvalue weighted by molar-refractivity contribution is 5.77. The number of ether oxygens (including phenoxy) is 2. The molecule has 0 aliphatic carbocycles. The van der Waals surface area contributed by atoms with Crippen LogP contribution in [0.25, 0.3) is 0 Å². The Balaban J connectivity index is 1.60. The SMILES string of the molecule is CC(C)(C)OC(=O)N[C@@H](CCN1CCC[C@H]1COc1ccccc1F)CN1CC(F)(F)CCC1=O. The zero-order chi connectivity index (χ0) is 25.6. The third kappa shape index (κ3) is 8.59. The molecule has 2 aliphatic rings. The van der Waals surface area contributed by atoms with Gasteiger partial charge in [0.1, 0.15) is 12.2 Å². The van der Waals surface area contributed by atoms with Gasteiger partial charge in [-0.05, 0) is 58.7 Å². The van der Waals surface area contributed by atoms with Crippen LogP contribution in [0.3, 0.4) is 0 Å². The van der Waals surface area contributed by atoms with Crippen LogP contribution < -0.4 is 10.1 Å². The van der Waals surface area contributed by atoms with Crippen LogP contribution in [0.15, 0.2) is 24.3 Å². The van der Waals surface area contributed by atoms with Gasteiger partial charge in [0, 0.05) is 32.0 Å². The van der Waals surface area contributed by atoms with Crippen molar-refractivity contribution in [3.05, 3.63) is 30.1 Å². The largest absolute Gasteiger partial charge is 0.489 e. The number of para-hydroxylation sites is 1. The molecule has 3 rings (SSSR count). The number of carbonyl (C=O) groups is 2. The number of likely N-dealkylation sites (tertiary alicyclic amines) is 2. The van der Waals surface area contributed by atoms with E-state index >= 15 is 0 Å². The second-order valence-electron chi connectivity index (χ2n) is 10.3. The third-order valence-electron chi connectivity index (χ3n) is 6.17. The van der Waals surface area contributed by atoms with Crippen molar-refractivity contribution in [3.8, 4) is 5.75 Å². The van der Waals surface area contributed by atoms with Gasteiger partial charge in [0.15, 0.2) is 11.6 Å². The molecule has 0 aromatic heterocycles. The van der Waals surface area contributed by atoms with Crippen LogP contribution in [0.4, 0.5) is 18.0 Å². The Morgan fingerprint density at radius 3 is 2.74 bits per heavy atom. The van der Waals surface area contributed by atoms with Gasteiger partial charge in [-0.2, -0.15) is 0 Å². The number of piperidine rings is 1. The summed E-state index contributed by atoms with van der Waals surface area (Å²) in [4.78, 5) is 28.0. The van der Waals surface area contributed by atoms with Crippen LogP contribution in [0.2, 0.25) is 0 Å². The highest BCUT2D eigenvalue weighted by Crippen LogP contribution is 2.28. The number of hydrogen-bond donors (Lipinski definition) is 1. The lowest BCUT2D eigenvalue weighted by molar-refractivity contribution is -0.147. The van der Waals surface area contributed by atoms with E-state index in [1.807, 2.05) is 0 Å². The van der Waals surface area contributed by atoms with E-state index in [0.29, 0.717) is 19.6 Å². The molecule has 2 amide bonds. The maximum absolute atomic E-state index is 13.9. The van der Waals surface area contributed by atoms with Gasteiger partial charge < -0.3 is 19.7 Å². The molecule has 2 aliphatic heterocycles. The number of nitrogens with zero attached hydrogens (tertiary/aromatic N) is 2. The van der Waals surface area contributed by atoms with Gasteiger partial charge in [0.2, 0.25) is 5.91 Å². The van der Waals surface area contributed by atoms with Gasteiger partial charge in [0.05, 0.1) is 12.6 Å². The molecule has 0 spiro atoms. The van der Waals surface area contributed by atoms with Crippen molar-refractivity contribution in [2.45, 2.75) is 76.5 Å². The van der Waals surface area contributed by atoms with Crippen LogP contribution in [-0.4, -0.2) is 78.2 Å². The Labute approximate surface area is 204 Å². The van der Waals surface area contributed by atoms with Crippen molar-refractivity contribution in [1.82, 2.24) is 15.1 Å². The Morgan fingerprint density at radius 1 is 1.29 bits per heavy atom. The number of rotatable bonds is 9. The zero-order valence-corrected chi connectivity index (χ0v) is 20.7. The fourth-order valence-corrected chi connectivity index (χ4v) is 4.46. The summed E-state index contributed by atoms with van der Waals surface area (Å²) in [5.41, 5.74) is -0.716. The highest BCUT2D eigenvalue weighted by Gasteiger charge is 2.40. The quantitative estimate of drug-likeness (QED) is 0.551. The number of amides is 2. The summed E-state index contributed by atoms with van der Waals surface area (Å²) in [6, 6.07) is 5.75. The molecule has 0 unspecified atom stereocenters. The number of halogens is 3. The van der Waals surface area contributed by atoms with E-state index in [2.05, 4.69) is 10.2 Å². The van der Waals surface area contributed by atoms with Crippen LogP contribution in [0.1, 0.15) is 52.9 Å². The maximum Gasteiger partial charge on any atom is 0.407 e. The molecule has 2 atom stereocenters. The first-order valence-electron chi connectivity index (χ1n) is 12.2. The molecule has 7 nitrogen and oxygen atoms in total. The zero-order valence-electron chi connectivity index (χ0n) is 20.7. The van der Waals surface area contributed by atoms with Crippen molar-refractivity contribution in [1.29, 1.82) is 0 Å². The molecule has 0 bridgehead atoms. The normalized spacial score (nSPS) is 21.6. The number of hydrogen-bond acceptors (Lipinski definition) is 5. The van der Waals surface area contributed by atoms with E-state index in [9.17, 15) is 22.8 Å². The van der Waals surface area contributed by atoms with Crippen LogP contribution in [-0.2, 0) is 9.53 Å². The molecule has 196 valence electrons. The first kappa shape index (κ1) is 27.1. The van der Waals surface area contributed by atoms with Gasteiger partial charge >= 0.3 is 6.09 Å². The third-order valence-corrected chi connectivity index (χ3v) is 6.17. The smallest absolute Gasteiger partial charge is 0.407 e. The van der Waals surface area contributed by atoms with Gasteiger partial charge in [-0.25, -0.2) is 18.0 Å². The molecule has 1 aromatic carbocycles. The van der Waals surface area contributed by atoms with Crippen LogP contribution in [0.5, 0.6) is 5.75 Å². The summed E-state index contributed by atoms with van der Waals surface area (Å²) in [6.45, 7) is 6.23. The van der Waals surface area contributed by atoms with Crippen LogP contribution >= 0.6 is 0 Å². The fraction of sp³-hybridized carbons (Fsp3) is 0.680. The average Bonchev–Trinajstić information content (AvgIpc) is 3.20. The number of nitrogens with one attached hydrogen (secondary N) is 1. The fourth-order valence-electron chi connectivity index (χ4n) is 4.46. The number of carbonyl (C=O) groups excluding carboxylic acids is 2. The lowest BCUT2D eigenvalue weighted by Crippen LogP contribution is -2.53. The molecule has 0 saturated carbocycles. The monoisotopic (exact) mass is 499 g/mol. The topological polar surface area (TPSA) is 71.1 Å². The molecule has 2 fully saturated rings. The lowest BCUT2D eigenvalue weighted by atomic mass is 10.0. The minimum absolute atomic E-state index is 0.0160. The number of alkyl carbamates (subject to hydrolysis) is 1. The molecular weight excluding hydrogens is 463 g/mol. The first-order chi connectivity index (χ1) is 16.4. The van der Waals surface area contributed by atoms with E-state index in [0.717, 1.165) is 24.3 Å². The summed E-state index contributed by atoms with van der Waals surface area (Å²) in [5, 5.41) is 2.77. The van der Waals surface area contributed by atoms with Crippen molar-refractivity contribution >= 4 is 12.0 Å². The molecular formula is C25H36F3N3O4. The predicted molar refractivity (Wildman–Crippen MR) is 125 cm³/mol. The van der Waals surface area contributed by atoms with E-state index < -0.39 is 42.4 Å². The molecule has 10 heteroatoms. The first-order valence-corrected chi connectivity index (χ1v) is 12.2. The summed E-state index contributed by atoms with van der Waals surface area (Å²) in [5.74, 6) is -3.49. The second-order valence-corrected chi connectivity index (χ2v) is 10.3. The number of alkyl halides is 2. The second kappa shape index (κ2) is 11.5. The van der Waals surface area contributed by atoms with Gasteiger partial charge in [-0.1, -0.05) is 12.1 Å². The molecule has 2 heterocycles. The Bertz CT molecular complexity index is 878. The standard InChI is InChI=1S/C25H36F3N3O4/c1-24(2,3)35-23(33)29-18(15-31-17-25(27,28)12-10-22(31)32)11-14-30-13-6-7-19(30)16-34-21-9-5-4-8-20(21)26/h4-5,8-9,18-19H,6-7,10-17H2,1-3H3,(H,29,33)/t18-,19-/m0/s1. The lowest BCUT2D eigenvalue weighted by Gasteiger charge is -2.35. The van der Waals surface area contributed by atoms with E-state index in [-0.39, 0.29) is 30.7 Å². The van der Waals surface area contributed by atoms with E-state index in [1.165, 1.54) is 6.07 Å². The van der Waals surface area contributed by atoms with E-state index in [4.69, 9.17) is 9.47 Å². The minimum atomic E-state index is -2.94. The highest BCUT2D eigenvalue weighted by atomic mass is 19.3. The average molecular weight is 500 g/mol. The molecule has 1 N–H and O–H groups in total. The summed E-state index contributed by atoms with van der Waals surface area (Å²) < 4.78 is 52.8. The Morgan fingerprint density at radius 2 is 2.03 bits per heavy atom. The Hall–Kier alpha value is -2.49. The van der Waals surface area contributed by atoms with Crippen LogP contribution in [0, 0.1) is 5.82 Å². The van der Waals surface area contributed by atoms with Gasteiger partial charge in [0.25, 0.3) is 5.92 Å². The summed E-state index contributed by atoms with van der Waals surface area (Å²) in [6.07, 6.45) is 0.948. The molecule has 35 heavy (non-hydrogen) atoms. The molecule has 1 aromatic rings.